The van der Waals surface area contributed by atoms with Crippen molar-refractivity contribution < 1.29 is 4.74 Å². The van der Waals surface area contributed by atoms with Gasteiger partial charge in [-0.1, -0.05) is 13.8 Å². The van der Waals surface area contributed by atoms with Crippen LogP contribution >= 0.6 is 0 Å². The van der Waals surface area contributed by atoms with Crippen LogP contribution < -0.4 is 0 Å². The summed E-state index contributed by atoms with van der Waals surface area (Å²) in [7, 11) is 1.81. The number of methoxy groups -OCH3 is 1. The standard InChI is InChI=1S/C12H25NO/c1-9(2)12-7-6-11(8-14-5)13(12)10(3)4/h9-12H,6-8H2,1-5H3/t11-,12+/m1/s1. The van der Waals surface area contributed by atoms with Gasteiger partial charge >= 0.3 is 0 Å². The van der Waals surface area contributed by atoms with Crippen molar-refractivity contribution in [2.45, 2.75) is 58.7 Å². The van der Waals surface area contributed by atoms with Gasteiger partial charge in [0.2, 0.25) is 0 Å². The molecule has 84 valence electrons. The molecule has 1 aliphatic rings. The average Bonchev–Trinajstić information content (AvgIpc) is 2.48. The van der Waals surface area contributed by atoms with Crippen LogP contribution in [0.5, 0.6) is 0 Å². The summed E-state index contributed by atoms with van der Waals surface area (Å²) in [6, 6.07) is 2.05. The second-order valence-electron chi connectivity index (χ2n) is 5.04. The second kappa shape index (κ2) is 5.13. The molecule has 0 spiro atoms. The third kappa shape index (κ3) is 2.48. The van der Waals surface area contributed by atoms with Gasteiger partial charge in [-0.05, 0) is 32.6 Å². The molecule has 0 saturated carbocycles. The van der Waals surface area contributed by atoms with Gasteiger partial charge in [-0.3, -0.25) is 4.90 Å². The van der Waals surface area contributed by atoms with Gasteiger partial charge in [0.25, 0.3) is 0 Å². The quantitative estimate of drug-likeness (QED) is 0.690. The Morgan fingerprint density at radius 2 is 1.86 bits per heavy atom. The molecule has 1 saturated heterocycles. The largest absolute Gasteiger partial charge is 0.383 e. The summed E-state index contributed by atoms with van der Waals surface area (Å²) in [5.41, 5.74) is 0. The molecule has 0 aliphatic carbocycles. The molecular weight excluding hydrogens is 174 g/mol. The predicted octanol–water partition coefficient (Wildman–Crippen LogP) is 2.53. The third-order valence-electron chi connectivity index (χ3n) is 3.33. The maximum absolute atomic E-state index is 5.29. The zero-order chi connectivity index (χ0) is 10.7. The van der Waals surface area contributed by atoms with Crippen LogP contribution in [-0.4, -0.2) is 36.7 Å². The molecule has 0 aromatic rings. The lowest BCUT2D eigenvalue weighted by atomic mass is 10.0. The van der Waals surface area contributed by atoms with Gasteiger partial charge in [-0.25, -0.2) is 0 Å². The molecule has 1 rings (SSSR count). The van der Waals surface area contributed by atoms with E-state index in [0.717, 1.165) is 18.6 Å². The van der Waals surface area contributed by atoms with Crippen LogP contribution in [0.1, 0.15) is 40.5 Å². The maximum Gasteiger partial charge on any atom is 0.0618 e. The van der Waals surface area contributed by atoms with E-state index in [-0.39, 0.29) is 0 Å². The van der Waals surface area contributed by atoms with E-state index < -0.39 is 0 Å². The van der Waals surface area contributed by atoms with Crippen molar-refractivity contribution in [3.05, 3.63) is 0 Å². The molecule has 1 fully saturated rings. The molecule has 0 aromatic carbocycles. The first kappa shape index (κ1) is 12.0. The highest BCUT2D eigenvalue weighted by Gasteiger charge is 2.36. The zero-order valence-corrected chi connectivity index (χ0v) is 10.3. The fourth-order valence-electron chi connectivity index (χ4n) is 2.78. The molecule has 1 heterocycles. The fraction of sp³-hybridized carbons (Fsp3) is 1.00. The Morgan fingerprint density at radius 3 is 2.29 bits per heavy atom. The van der Waals surface area contributed by atoms with Crippen molar-refractivity contribution in [1.29, 1.82) is 0 Å². The Balaban J connectivity index is 2.64. The van der Waals surface area contributed by atoms with Crippen LogP contribution in [-0.2, 0) is 4.74 Å². The van der Waals surface area contributed by atoms with E-state index in [1.54, 1.807) is 7.11 Å². The minimum atomic E-state index is 0.644. The maximum atomic E-state index is 5.29. The summed E-state index contributed by atoms with van der Waals surface area (Å²) in [5, 5.41) is 0. The lowest BCUT2D eigenvalue weighted by Crippen LogP contribution is -2.45. The number of ether oxygens (including phenoxy) is 1. The van der Waals surface area contributed by atoms with Crippen molar-refractivity contribution >= 4 is 0 Å². The van der Waals surface area contributed by atoms with Crippen molar-refractivity contribution in [1.82, 2.24) is 4.90 Å². The van der Waals surface area contributed by atoms with Gasteiger partial charge in [0, 0.05) is 25.2 Å². The number of nitrogens with zero attached hydrogens (tertiary/aromatic N) is 1. The summed E-state index contributed by atoms with van der Waals surface area (Å²) in [5.74, 6) is 0.763. The van der Waals surface area contributed by atoms with E-state index in [1.165, 1.54) is 12.8 Å². The average molecular weight is 199 g/mol. The van der Waals surface area contributed by atoms with Crippen LogP contribution in [0.2, 0.25) is 0 Å². The number of rotatable bonds is 4. The van der Waals surface area contributed by atoms with Crippen molar-refractivity contribution in [3.63, 3.8) is 0 Å². The van der Waals surface area contributed by atoms with Gasteiger partial charge in [-0.15, -0.1) is 0 Å². The zero-order valence-electron chi connectivity index (χ0n) is 10.3. The molecule has 14 heavy (non-hydrogen) atoms. The monoisotopic (exact) mass is 199 g/mol. The highest BCUT2D eigenvalue weighted by molar-refractivity contribution is 4.90. The minimum absolute atomic E-state index is 0.644. The van der Waals surface area contributed by atoms with Gasteiger partial charge < -0.3 is 4.74 Å². The number of hydrogen-bond acceptors (Lipinski definition) is 2. The van der Waals surface area contributed by atoms with Crippen LogP contribution in [0.15, 0.2) is 0 Å². The van der Waals surface area contributed by atoms with Crippen LogP contribution in [0.3, 0.4) is 0 Å². The predicted molar refractivity (Wildman–Crippen MR) is 60.5 cm³/mol. The Bertz CT molecular complexity index is 168. The summed E-state index contributed by atoms with van der Waals surface area (Å²) < 4.78 is 5.29. The molecular formula is C12H25NO. The minimum Gasteiger partial charge on any atom is -0.383 e. The summed E-state index contributed by atoms with van der Waals surface area (Å²) >= 11 is 0. The molecule has 0 aromatic heterocycles. The van der Waals surface area contributed by atoms with Gasteiger partial charge in [0.05, 0.1) is 6.61 Å². The summed E-state index contributed by atoms with van der Waals surface area (Å²) in [4.78, 5) is 2.65. The summed E-state index contributed by atoms with van der Waals surface area (Å²) in [6.45, 7) is 10.1. The lowest BCUT2D eigenvalue weighted by Gasteiger charge is -2.35. The van der Waals surface area contributed by atoms with Crippen LogP contribution in [0, 0.1) is 5.92 Å². The molecule has 2 nitrogen and oxygen atoms in total. The fourth-order valence-corrected chi connectivity index (χ4v) is 2.78. The Hall–Kier alpha value is -0.0800. The Morgan fingerprint density at radius 1 is 1.21 bits per heavy atom. The SMILES string of the molecule is COC[C@H]1CC[C@@H](C(C)C)N1C(C)C. The number of likely N-dealkylation sites (tertiary alicyclic amines) is 1. The first-order valence-electron chi connectivity index (χ1n) is 5.84. The molecule has 0 unspecified atom stereocenters. The van der Waals surface area contributed by atoms with Crippen LogP contribution in [0.4, 0.5) is 0 Å². The van der Waals surface area contributed by atoms with E-state index >= 15 is 0 Å². The highest BCUT2D eigenvalue weighted by Crippen LogP contribution is 2.30. The van der Waals surface area contributed by atoms with Crippen molar-refractivity contribution in [2.75, 3.05) is 13.7 Å². The van der Waals surface area contributed by atoms with Crippen LogP contribution in [0.25, 0.3) is 0 Å². The first-order chi connectivity index (χ1) is 6.57. The third-order valence-corrected chi connectivity index (χ3v) is 3.33. The smallest absolute Gasteiger partial charge is 0.0618 e. The van der Waals surface area contributed by atoms with E-state index in [0.29, 0.717) is 12.1 Å². The molecule has 1 aliphatic heterocycles. The molecule has 0 radical (unpaired) electrons. The summed E-state index contributed by atoms with van der Waals surface area (Å²) in [6.07, 6.45) is 2.64. The highest BCUT2D eigenvalue weighted by atomic mass is 16.5. The second-order valence-corrected chi connectivity index (χ2v) is 5.04. The van der Waals surface area contributed by atoms with Crippen molar-refractivity contribution in [2.24, 2.45) is 5.92 Å². The molecule has 2 atom stereocenters. The normalized spacial score (nSPS) is 29.4. The molecule has 0 amide bonds. The van der Waals surface area contributed by atoms with Gasteiger partial charge in [0.1, 0.15) is 0 Å². The van der Waals surface area contributed by atoms with Gasteiger partial charge in [0.15, 0.2) is 0 Å². The van der Waals surface area contributed by atoms with E-state index in [4.69, 9.17) is 4.74 Å². The van der Waals surface area contributed by atoms with E-state index in [2.05, 4.69) is 32.6 Å². The number of hydrogen-bond donors (Lipinski definition) is 0. The van der Waals surface area contributed by atoms with E-state index in [1.807, 2.05) is 0 Å². The Kier molecular flexibility index (Phi) is 4.39. The topological polar surface area (TPSA) is 12.5 Å². The van der Waals surface area contributed by atoms with E-state index in [9.17, 15) is 0 Å². The Labute approximate surface area is 88.6 Å². The first-order valence-corrected chi connectivity index (χ1v) is 5.84. The molecule has 2 heteroatoms. The molecule has 0 bridgehead atoms. The van der Waals surface area contributed by atoms with Gasteiger partial charge in [-0.2, -0.15) is 0 Å². The van der Waals surface area contributed by atoms with Crippen molar-refractivity contribution in [3.8, 4) is 0 Å². The molecule has 0 N–H and O–H groups in total. The lowest BCUT2D eigenvalue weighted by molar-refractivity contribution is 0.0622.